The largest absolute Gasteiger partial charge is 0.347 e. The van der Waals surface area contributed by atoms with Gasteiger partial charge in [-0.1, -0.05) is 45.0 Å². The summed E-state index contributed by atoms with van der Waals surface area (Å²) in [7, 11) is -3.80. The van der Waals surface area contributed by atoms with Gasteiger partial charge in [0, 0.05) is 16.8 Å². The molecule has 0 unspecified atom stereocenters. The molecule has 1 amide bonds. The van der Waals surface area contributed by atoms with Crippen LogP contribution in [0.15, 0.2) is 53.4 Å². The maximum Gasteiger partial charge on any atom is 0.262 e. The molecule has 28 heavy (non-hydrogen) atoms. The lowest BCUT2D eigenvalue weighted by Gasteiger charge is -2.33. The lowest BCUT2D eigenvalue weighted by atomic mass is 9.81. The van der Waals surface area contributed by atoms with E-state index in [0.717, 1.165) is 6.42 Å². The highest BCUT2D eigenvalue weighted by atomic mass is 32.2. The molecule has 2 N–H and O–H groups in total. The summed E-state index contributed by atoms with van der Waals surface area (Å²) in [5.41, 5.74) is 1.01. The molecule has 0 radical (unpaired) electrons. The summed E-state index contributed by atoms with van der Waals surface area (Å²) < 4.78 is 28.2. The number of anilines is 1. The second-order valence-electron chi connectivity index (χ2n) is 9.03. The first-order valence-corrected chi connectivity index (χ1v) is 10.8. The van der Waals surface area contributed by atoms with Crippen LogP contribution in [-0.4, -0.2) is 19.9 Å². The van der Waals surface area contributed by atoms with Gasteiger partial charge in [0.25, 0.3) is 15.9 Å². The molecular weight excluding hydrogens is 372 g/mol. The fourth-order valence-electron chi connectivity index (χ4n) is 3.50. The molecule has 2 aromatic rings. The molecule has 0 aliphatic rings. The molecule has 0 spiro atoms. The SMILES string of the molecule is Cc1ccc(C(=O)NC(C)(C)CC(C)(C)C)cc1S(=O)(=O)Nc1ccccc1. The second-order valence-corrected chi connectivity index (χ2v) is 10.7. The zero-order valence-electron chi connectivity index (χ0n) is 17.5. The Morgan fingerprint density at radius 1 is 0.964 bits per heavy atom. The zero-order chi connectivity index (χ0) is 21.2. The normalized spacial score (nSPS) is 12.5. The molecular formula is C22H30N2O3S. The van der Waals surface area contributed by atoms with Crippen LogP contribution in [0.4, 0.5) is 5.69 Å². The van der Waals surface area contributed by atoms with E-state index in [2.05, 4.69) is 30.8 Å². The van der Waals surface area contributed by atoms with Gasteiger partial charge in [0.2, 0.25) is 0 Å². The highest BCUT2D eigenvalue weighted by Crippen LogP contribution is 2.27. The number of amides is 1. The topological polar surface area (TPSA) is 75.3 Å². The standard InChI is InChI=1S/C22H30N2O3S/c1-16-12-13-17(20(25)23-22(5,6)15-21(2,3)4)14-19(16)28(26,27)24-18-10-8-7-9-11-18/h7-14,24H,15H2,1-6H3,(H,23,25). The number of sulfonamides is 1. The molecule has 0 atom stereocenters. The van der Waals surface area contributed by atoms with Gasteiger partial charge in [-0.2, -0.15) is 0 Å². The molecule has 5 nitrogen and oxygen atoms in total. The van der Waals surface area contributed by atoms with E-state index in [-0.39, 0.29) is 16.2 Å². The van der Waals surface area contributed by atoms with Gasteiger partial charge >= 0.3 is 0 Å². The van der Waals surface area contributed by atoms with E-state index >= 15 is 0 Å². The molecule has 2 aromatic carbocycles. The van der Waals surface area contributed by atoms with Crippen LogP contribution < -0.4 is 10.0 Å². The first-order valence-electron chi connectivity index (χ1n) is 9.30. The third-order valence-electron chi connectivity index (χ3n) is 4.19. The molecule has 0 aromatic heterocycles. The van der Waals surface area contributed by atoms with Crippen molar-refractivity contribution in [1.29, 1.82) is 0 Å². The lowest BCUT2D eigenvalue weighted by molar-refractivity contribution is 0.0891. The van der Waals surface area contributed by atoms with Crippen molar-refractivity contribution in [2.24, 2.45) is 5.41 Å². The third-order valence-corrected chi connectivity index (χ3v) is 5.71. The number of hydrogen-bond donors (Lipinski definition) is 2. The molecule has 0 saturated heterocycles. The predicted octanol–water partition coefficient (Wildman–Crippen LogP) is 4.74. The van der Waals surface area contributed by atoms with Crippen LogP contribution in [0.25, 0.3) is 0 Å². The van der Waals surface area contributed by atoms with Crippen LogP contribution in [0, 0.1) is 12.3 Å². The van der Waals surface area contributed by atoms with Crippen molar-refractivity contribution in [3.63, 3.8) is 0 Å². The number of carbonyl (C=O) groups is 1. The van der Waals surface area contributed by atoms with E-state index in [0.29, 0.717) is 16.8 Å². The fourth-order valence-corrected chi connectivity index (χ4v) is 4.83. The number of benzene rings is 2. The molecule has 0 bridgehead atoms. The zero-order valence-corrected chi connectivity index (χ0v) is 18.3. The average molecular weight is 403 g/mol. The predicted molar refractivity (Wildman–Crippen MR) is 114 cm³/mol. The molecule has 0 aliphatic carbocycles. The van der Waals surface area contributed by atoms with Gasteiger partial charge in [-0.25, -0.2) is 8.42 Å². The Morgan fingerprint density at radius 3 is 2.14 bits per heavy atom. The Morgan fingerprint density at radius 2 is 1.57 bits per heavy atom. The Bertz CT molecular complexity index is 943. The quantitative estimate of drug-likeness (QED) is 0.733. The Hall–Kier alpha value is -2.34. The molecule has 2 rings (SSSR count). The van der Waals surface area contributed by atoms with Gasteiger partial charge in [-0.15, -0.1) is 0 Å². The minimum absolute atomic E-state index is 0.0537. The summed E-state index contributed by atoms with van der Waals surface area (Å²) in [6.07, 6.45) is 0.790. The van der Waals surface area contributed by atoms with Crippen LogP contribution in [0.2, 0.25) is 0 Å². The van der Waals surface area contributed by atoms with Crippen LogP contribution in [0.1, 0.15) is 57.0 Å². The van der Waals surface area contributed by atoms with Crippen molar-refractivity contribution in [3.8, 4) is 0 Å². The van der Waals surface area contributed by atoms with E-state index in [1.165, 1.54) is 6.07 Å². The first-order chi connectivity index (χ1) is 12.8. The number of carbonyl (C=O) groups excluding carboxylic acids is 1. The molecule has 6 heteroatoms. The first kappa shape index (κ1) is 22.0. The van der Waals surface area contributed by atoms with Gasteiger partial charge in [0.15, 0.2) is 0 Å². The summed E-state index contributed by atoms with van der Waals surface area (Å²) >= 11 is 0. The van der Waals surface area contributed by atoms with Gasteiger partial charge in [0.05, 0.1) is 4.90 Å². The van der Waals surface area contributed by atoms with E-state index in [9.17, 15) is 13.2 Å². The van der Waals surface area contributed by atoms with Crippen LogP contribution >= 0.6 is 0 Å². The highest BCUT2D eigenvalue weighted by molar-refractivity contribution is 7.92. The van der Waals surface area contributed by atoms with E-state index in [1.807, 2.05) is 19.9 Å². The summed E-state index contributed by atoms with van der Waals surface area (Å²) in [6.45, 7) is 12.0. The maximum atomic E-state index is 12.8. The molecule has 0 aliphatic heterocycles. The van der Waals surface area contributed by atoms with Crippen molar-refractivity contribution in [1.82, 2.24) is 5.32 Å². The van der Waals surface area contributed by atoms with Gasteiger partial charge in [-0.3, -0.25) is 9.52 Å². The third kappa shape index (κ3) is 6.09. The number of hydrogen-bond acceptors (Lipinski definition) is 3. The Balaban J connectivity index is 2.28. The highest BCUT2D eigenvalue weighted by Gasteiger charge is 2.28. The second kappa shape index (κ2) is 7.95. The van der Waals surface area contributed by atoms with E-state index in [1.54, 1.807) is 43.3 Å². The van der Waals surface area contributed by atoms with Gasteiger partial charge < -0.3 is 5.32 Å². The summed E-state index contributed by atoms with van der Waals surface area (Å²) in [6, 6.07) is 13.4. The average Bonchev–Trinajstić information content (AvgIpc) is 2.52. The number of para-hydroxylation sites is 1. The van der Waals surface area contributed by atoms with Gasteiger partial charge in [-0.05, 0) is 62.4 Å². The summed E-state index contributed by atoms with van der Waals surface area (Å²) in [5.74, 6) is -0.287. The van der Waals surface area contributed by atoms with Crippen molar-refractivity contribution in [2.45, 2.75) is 58.4 Å². The molecule has 152 valence electrons. The van der Waals surface area contributed by atoms with Crippen molar-refractivity contribution >= 4 is 21.6 Å². The van der Waals surface area contributed by atoms with E-state index in [4.69, 9.17) is 0 Å². The summed E-state index contributed by atoms with van der Waals surface area (Å²) in [4.78, 5) is 12.9. The molecule has 0 fully saturated rings. The van der Waals surface area contributed by atoms with Crippen molar-refractivity contribution in [2.75, 3.05) is 4.72 Å². The number of nitrogens with one attached hydrogen (secondary N) is 2. The van der Waals surface area contributed by atoms with E-state index < -0.39 is 15.6 Å². The monoisotopic (exact) mass is 402 g/mol. The van der Waals surface area contributed by atoms with Crippen molar-refractivity contribution < 1.29 is 13.2 Å². The van der Waals surface area contributed by atoms with Crippen molar-refractivity contribution in [3.05, 3.63) is 59.7 Å². The smallest absolute Gasteiger partial charge is 0.262 e. The Labute approximate surface area is 168 Å². The van der Waals surface area contributed by atoms with Crippen LogP contribution in [-0.2, 0) is 10.0 Å². The lowest BCUT2D eigenvalue weighted by Crippen LogP contribution is -2.45. The number of aryl methyl sites for hydroxylation is 1. The molecule has 0 saturated carbocycles. The number of rotatable bonds is 6. The molecule has 0 heterocycles. The van der Waals surface area contributed by atoms with Crippen LogP contribution in [0.5, 0.6) is 0 Å². The minimum atomic E-state index is -3.80. The summed E-state index contributed by atoms with van der Waals surface area (Å²) in [5, 5.41) is 3.02. The maximum absolute atomic E-state index is 12.8. The van der Waals surface area contributed by atoms with Gasteiger partial charge in [0.1, 0.15) is 0 Å². The van der Waals surface area contributed by atoms with Crippen LogP contribution in [0.3, 0.4) is 0 Å². The Kier molecular flexibility index (Phi) is 6.24. The fraction of sp³-hybridized carbons (Fsp3) is 0.409. The minimum Gasteiger partial charge on any atom is -0.347 e.